The van der Waals surface area contributed by atoms with Gasteiger partial charge in [0, 0.05) is 22.5 Å². The number of fused-ring (bicyclic) bond motifs is 1. The molecule has 4 rings (SSSR count). The second-order valence-electron chi connectivity index (χ2n) is 7.71. The van der Waals surface area contributed by atoms with Crippen LogP contribution in [-0.4, -0.2) is 28.0 Å². The van der Waals surface area contributed by atoms with Crippen LogP contribution in [0.15, 0.2) is 70.0 Å². The summed E-state index contributed by atoms with van der Waals surface area (Å²) < 4.78 is 1.80. The van der Waals surface area contributed by atoms with Crippen molar-refractivity contribution in [3.63, 3.8) is 0 Å². The summed E-state index contributed by atoms with van der Waals surface area (Å²) in [6.45, 7) is 4.28. The number of thioether (sulfide) groups is 1. The number of carbonyl (C=O) groups excluding carboxylic acids is 1. The number of anilines is 1. The summed E-state index contributed by atoms with van der Waals surface area (Å²) in [4.78, 5) is 21.4. The standard InChI is InChI=1S/C25H22ClN3O2S2/c1-15(2)16-3-6-19(7-4-16)28-24(31)14-32-25-29-21-9-8-20(12-23(21)33-25)27-13-17-11-18(26)5-10-22(17)30/h3-13,15,30H,14H2,1-2H3,(H,28,31). The zero-order valence-corrected chi connectivity index (χ0v) is 20.5. The first-order valence-corrected chi connectivity index (χ1v) is 12.5. The average molecular weight is 496 g/mol. The lowest BCUT2D eigenvalue weighted by Crippen LogP contribution is -2.13. The van der Waals surface area contributed by atoms with Crippen molar-refractivity contribution in [2.24, 2.45) is 4.99 Å². The molecule has 1 aromatic heterocycles. The van der Waals surface area contributed by atoms with Crippen LogP contribution in [0.25, 0.3) is 10.2 Å². The van der Waals surface area contributed by atoms with Crippen LogP contribution in [0.3, 0.4) is 0 Å². The molecule has 0 aliphatic heterocycles. The molecule has 0 aliphatic carbocycles. The molecule has 5 nitrogen and oxygen atoms in total. The zero-order chi connectivity index (χ0) is 23.4. The predicted octanol–water partition coefficient (Wildman–Crippen LogP) is 7.26. The molecule has 0 radical (unpaired) electrons. The molecule has 168 valence electrons. The van der Waals surface area contributed by atoms with Crippen molar-refractivity contribution in [3.8, 4) is 5.75 Å². The second-order valence-corrected chi connectivity index (χ2v) is 10.4. The number of aliphatic imine (C=N–C) groups is 1. The van der Waals surface area contributed by atoms with Gasteiger partial charge in [-0.1, -0.05) is 49.3 Å². The van der Waals surface area contributed by atoms with Crippen molar-refractivity contribution in [3.05, 3.63) is 76.8 Å². The first-order valence-electron chi connectivity index (χ1n) is 10.3. The summed E-state index contributed by atoms with van der Waals surface area (Å²) in [5, 5.41) is 13.4. The summed E-state index contributed by atoms with van der Waals surface area (Å²) in [5.74, 6) is 0.794. The first-order chi connectivity index (χ1) is 15.9. The molecule has 0 saturated heterocycles. The van der Waals surface area contributed by atoms with Crippen molar-refractivity contribution in [2.75, 3.05) is 11.1 Å². The minimum absolute atomic E-state index is 0.0665. The monoisotopic (exact) mass is 495 g/mol. The van der Waals surface area contributed by atoms with E-state index in [1.165, 1.54) is 34.7 Å². The number of aromatic nitrogens is 1. The minimum atomic E-state index is -0.0665. The molecule has 2 N–H and O–H groups in total. The van der Waals surface area contributed by atoms with E-state index in [0.717, 1.165) is 25.9 Å². The Balaban J connectivity index is 1.38. The number of aromatic hydroxyl groups is 1. The number of nitrogens with zero attached hydrogens (tertiary/aromatic N) is 2. The molecule has 0 fully saturated rings. The highest BCUT2D eigenvalue weighted by Gasteiger charge is 2.09. The third-order valence-corrected chi connectivity index (χ3v) is 7.28. The van der Waals surface area contributed by atoms with E-state index >= 15 is 0 Å². The number of carbonyl (C=O) groups is 1. The van der Waals surface area contributed by atoms with Crippen LogP contribution < -0.4 is 5.32 Å². The molecule has 0 aliphatic rings. The van der Waals surface area contributed by atoms with E-state index in [-0.39, 0.29) is 17.4 Å². The Kier molecular flexibility index (Phi) is 7.33. The second kappa shape index (κ2) is 10.4. The fourth-order valence-corrected chi connectivity index (χ4v) is 5.16. The zero-order valence-electron chi connectivity index (χ0n) is 18.1. The van der Waals surface area contributed by atoms with Crippen molar-refractivity contribution < 1.29 is 9.90 Å². The number of rotatable bonds is 7. The summed E-state index contributed by atoms with van der Waals surface area (Å²) >= 11 is 8.91. The molecule has 33 heavy (non-hydrogen) atoms. The number of benzene rings is 3. The van der Waals surface area contributed by atoms with Gasteiger partial charge in [-0.05, 0) is 60.0 Å². The third-order valence-electron chi connectivity index (χ3n) is 4.88. The SMILES string of the molecule is CC(C)c1ccc(NC(=O)CSc2nc3ccc(N=Cc4cc(Cl)ccc4O)cc3s2)cc1. The van der Waals surface area contributed by atoms with Gasteiger partial charge in [0.15, 0.2) is 4.34 Å². The minimum Gasteiger partial charge on any atom is -0.507 e. The number of phenolic OH excluding ortho intramolecular Hbond substituents is 1. The van der Waals surface area contributed by atoms with Gasteiger partial charge in [-0.3, -0.25) is 9.79 Å². The lowest BCUT2D eigenvalue weighted by atomic mass is 10.0. The van der Waals surface area contributed by atoms with Gasteiger partial charge < -0.3 is 10.4 Å². The van der Waals surface area contributed by atoms with E-state index in [9.17, 15) is 9.90 Å². The van der Waals surface area contributed by atoms with Gasteiger partial charge in [-0.25, -0.2) is 4.98 Å². The maximum absolute atomic E-state index is 12.3. The van der Waals surface area contributed by atoms with Crippen LogP contribution in [0.1, 0.15) is 30.9 Å². The van der Waals surface area contributed by atoms with Gasteiger partial charge in [0.05, 0.1) is 21.7 Å². The van der Waals surface area contributed by atoms with Gasteiger partial charge in [0.2, 0.25) is 5.91 Å². The molecule has 0 spiro atoms. The predicted molar refractivity (Wildman–Crippen MR) is 140 cm³/mol. The van der Waals surface area contributed by atoms with E-state index in [1.807, 2.05) is 42.5 Å². The van der Waals surface area contributed by atoms with E-state index < -0.39 is 0 Å². The van der Waals surface area contributed by atoms with Crippen molar-refractivity contribution in [2.45, 2.75) is 24.1 Å². The van der Waals surface area contributed by atoms with Gasteiger partial charge in [-0.15, -0.1) is 11.3 Å². The van der Waals surface area contributed by atoms with Crippen LogP contribution in [0, 0.1) is 0 Å². The molecule has 1 amide bonds. The summed E-state index contributed by atoms with van der Waals surface area (Å²) in [7, 11) is 0. The van der Waals surface area contributed by atoms with Crippen LogP contribution in [0.5, 0.6) is 5.75 Å². The van der Waals surface area contributed by atoms with Crippen LogP contribution in [-0.2, 0) is 4.79 Å². The summed E-state index contributed by atoms with van der Waals surface area (Å²) in [5.41, 5.74) is 4.18. The molecule has 0 atom stereocenters. The van der Waals surface area contributed by atoms with Crippen molar-refractivity contribution >= 4 is 68.4 Å². The quantitative estimate of drug-likeness (QED) is 0.209. The number of halogens is 1. The molecular formula is C25H22ClN3O2S2. The van der Waals surface area contributed by atoms with Gasteiger partial charge in [0.25, 0.3) is 0 Å². The highest BCUT2D eigenvalue weighted by Crippen LogP contribution is 2.32. The maximum Gasteiger partial charge on any atom is 0.234 e. The Labute approximate surface area is 205 Å². The maximum atomic E-state index is 12.3. The number of amides is 1. The lowest BCUT2D eigenvalue weighted by Gasteiger charge is -2.08. The van der Waals surface area contributed by atoms with E-state index in [1.54, 1.807) is 18.3 Å². The third kappa shape index (κ3) is 6.13. The Morgan fingerprint density at radius 3 is 2.73 bits per heavy atom. The Bertz CT molecular complexity index is 1320. The van der Waals surface area contributed by atoms with Crippen LogP contribution in [0.4, 0.5) is 11.4 Å². The fraction of sp³-hybridized carbons (Fsp3) is 0.160. The highest BCUT2D eigenvalue weighted by molar-refractivity contribution is 8.01. The number of nitrogens with one attached hydrogen (secondary N) is 1. The van der Waals surface area contributed by atoms with Crippen LogP contribution in [0.2, 0.25) is 5.02 Å². The number of hydrogen-bond donors (Lipinski definition) is 2. The number of thiazole rings is 1. The van der Waals surface area contributed by atoms with Gasteiger partial charge in [-0.2, -0.15) is 0 Å². The number of phenols is 1. The van der Waals surface area contributed by atoms with Crippen LogP contribution >= 0.6 is 34.7 Å². The van der Waals surface area contributed by atoms with Gasteiger partial charge >= 0.3 is 0 Å². The number of hydrogen-bond acceptors (Lipinski definition) is 6. The Morgan fingerprint density at radius 2 is 1.97 bits per heavy atom. The average Bonchev–Trinajstić information content (AvgIpc) is 3.21. The van der Waals surface area contributed by atoms with Gasteiger partial charge in [0.1, 0.15) is 5.75 Å². The molecule has 0 saturated carbocycles. The van der Waals surface area contributed by atoms with Crippen molar-refractivity contribution in [1.82, 2.24) is 4.98 Å². The summed E-state index contributed by atoms with van der Waals surface area (Å²) in [6, 6.07) is 18.5. The largest absolute Gasteiger partial charge is 0.507 e. The first kappa shape index (κ1) is 23.3. The van der Waals surface area contributed by atoms with E-state index in [0.29, 0.717) is 16.5 Å². The smallest absolute Gasteiger partial charge is 0.234 e. The Hall–Kier alpha value is -2.87. The molecule has 3 aromatic carbocycles. The molecule has 8 heteroatoms. The molecule has 0 bridgehead atoms. The fourth-order valence-electron chi connectivity index (χ4n) is 3.08. The van der Waals surface area contributed by atoms with E-state index in [4.69, 9.17) is 11.6 Å². The molecule has 1 heterocycles. The highest BCUT2D eigenvalue weighted by atomic mass is 35.5. The van der Waals surface area contributed by atoms with E-state index in [2.05, 4.69) is 29.1 Å². The summed E-state index contributed by atoms with van der Waals surface area (Å²) in [6.07, 6.45) is 1.58. The molecule has 0 unspecified atom stereocenters. The van der Waals surface area contributed by atoms with Crippen molar-refractivity contribution in [1.29, 1.82) is 0 Å². The molecule has 4 aromatic rings. The molecular weight excluding hydrogens is 474 g/mol. The lowest BCUT2D eigenvalue weighted by molar-refractivity contribution is -0.113. The topological polar surface area (TPSA) is 74.6 Å². The normalized spacial score (nSPS) is 11.5. The Morgan fingerprint density at radius 1 is 1.18 bits per heavy atom.